The predicted octanol–water partition coefficient (Wildman–Crippen LogP) is 0.622. The van der Waals surface area contributed by atoms with Crippen molar-refractivity contribution < 1.29 is 19.1 Å². The number of carbonyl (C=O) groups excluding carboxylic acids is 1. The molecule has 19 heavy (non-hydrogen) atoms. The lowest BCUT2D eigenvalue weighted by molar-refractivity contribution is 0.0537. The zero-order valence-corrected chi connectivity index (χ0v) is 10.2. The average molecular weight is 270 g/mol. The Bertz CT molecular complexity index is 455. The zero-order valence-electron chi connectivity index (χ0n) is 10.2. The van der Waals surface area contributed by atoms with Gasteiger partial charge in [-0.3, -0.25) is 9.89 Å². The first-order chi connectivity index (χ1) is 9.00. The fourth-order valence-corrected chi connectivity index (χ4v) is 1.99. The van der Waals surface area contributed by atoms with Gasteiger partial charge in [0.1, 0.15) is 5.67 Å². The van der Waals surface area contributed by atoms with Crippen LogP contribution in [0.5, 0.6) is 0 Å². The second-order valence-electron chi connectivity index (χ2n) is 4.59. The fraction of sp³-hybridized carbons (Fsp3) is 0.545. The summed E-state index contributed by atoms with van der Waals surface area (Å²) in [6.07, 6.45) is 1.92. The van der Waals surface area contributed by atoms with E-state index in [9.17, 15) is 14.0 Å². The van der Waals surface area contributed by atoms with Gasteiger partial charge in [0, 0.05) is 32.1 Å². The molecular formula is C11H15FN4O3. The van der Waals surface area contributed by atoms with Gasteiger partial charge in [-0.25, -0.2) is 9.18 Å². The summed E-state index contributed by atoms with van der Waals surface area (Å²) >= 11 is 0. The SMILES string of the molecule is O=C(NCC1(F)CCN(C(=O)O)CC1)c1cn[nH]c1. The van der Waals surface area contributed by atoms with E-state index in [-0.39, 0.29) is 32.5 Å². The molecule has 7 nitrogen and oxygen atoms in total. The van der Waals surface area contributed by atoms with Gasteiger partial charge < -0.3 is 15.3 Å². The third-order valence-corrected chi connectivity index (χ3v) is 3.26. The summed E-state index contributed by atoms with van der Waals surface area (Å²) in [5, 5.41) is 17.4. The van der Waals surface area contributed by atoms with E-state index in [2.05, 4.69) is 15.5 Å². The van der Waals surface area contributed by atoms with E-state index >= 15 is 0 Å². The number of aromatic nitrogens is 2. The highest BCUT2D eigenvalue weighted by Gasteiger charge is 2.36. The van der Waals surface area contributed by atoms with Gasteiger partial charge in [0.25, 0.3) is 5.91 Å². The van der Waals surface area contributed by atoms with Crippen LogP contribution >= 0.6 is 0 Å². The Morgan fingerprint density at radius 1 is 1.53 bits per heavy atom. The first-order valence-corrected chi connectivity index (χ1v) is 5.94. The molecule has 2 heterocycles. The Balaban J connectivity index is 1.83. The molecular weight excluding hydrogens is 255 g/mol. The van der Waals surface area contributed by atoms with Crippen LogP contribution in [0, 0.1) is 0 Å². The molecule has 104 valence electrons. The molecule has 0 saturated carbocycles. The number of rotatable bonds is 3. The summed E-state index contributed by atoms with van der Waals surface area (Å²) in [4.78, 5) is 23.5. The second kappa shape index (κ2) is 5.25. The van der Waals surface area contributed by atoms with Crippen molar-refractivity contribution >= 4 is 12.0 Å². The third-order valence-electron chi connectivity index (χ3n) is 3.26. The van der Waals surface area contributed by atoms with Gasteiger partial charge in [0.05, 0.1) is 18.3 Å². The predicted molar refractivity (Wildman–Crippen MR) is 63.6 cm³/mol. The molecule has 0 aromatic carbocycles. The van der Waals surface area contributed by atoms with Crippen LogP contribution < -0.4 is 5.32 Å². The number of carboxylic acid groups (broad SMARTS) is 1. The number of alkyl halides is 1. The van der Waals surface area contributed by atoms with Crippen molar-refractivity contribution in [2.45, 2.75) is 18.5 Å². The largest absolute Gasteiger partial charge is 0.465 e. The normalized spacial score (nSPS) is 18.1. The molecule has 0 unspecified atom stereocenters. The molecule has 2 rings (SSSR count). The van der Waals surface area contributed by atoms with Gasteiger partial charge in [0.15, 0.2) is 0 Å². The lowest BCUT2D eigenvalue weighted by atomic mass is 9.93. The molecule has 1 fully saturated rings. The van der Waals surface area contributed by atoms with Crippen LogP contribution in [0.25, 0.3) is 0 Å². The van der Waals surface area contributed by atoms with Gasteiger partial charge in [-0.2, -0.15) is 5.10 Å². The first-order valence-electron chi connectivity index (χ1n) is 5.94. The molecule has 0 aliphatic carbocycles. The summed E-state index contributed by atoms with van der Waals surface area (Å²) in [7, 11) is 0. The van der Waals surface area contributed by atoms with E-state index in [4.69, 9.17) is 5.11 Å². The Labute approximate surface area is 108 Å². The number of halogens is 1. The number of nitrogens with zero attached hydrogens (tertiary/aromatic N) is 2. The van der Waals surface area contributed by atoms with E-state index in [0.29, 0.717) is 5.56 Å². The number of hydrogen-bond donors (Lipinski definition) is 3. The van der Waals surface area contributed by atoms with Crippen molar-refractivity contribution in [1.29, 1.82) is 0 Å². The highest BCUT2D eigenvalue weighted by molar-refractivity contribution is 5.93. The number of nitrogens with one attached hydrogen (secondary N) is 2. The lowest BCUT2D eigenvalue weighted by Gasteiger charge is -2.34. The van der Waals surface area contributed by atoms with Crippen molar-refractivity contribution in [2.75, 3.05) is 19.6 Å². The van der Waals surface area contributed by atoms with Gasteiger partial charge in [-0.15, -0.1) is 0 Å². The van der Waals surface area contributed by atoms with Gasteiger partial charge in [-0.05, 0) is 0 Å². The summed E-state index contributed by atoms with van der Waals surface area (Å²) in [6, 6.07) is 0. The molecule has 0 spiro atoms. The van der Waals surface area contributed by atoms with Crippen molar-refractivity contribution in [2.24, 2.45) is 0 Å². The third kappa shape index (κ3) is 3.21. The number of hydrogen-bond acceptors (Lipinski definition) is 3. The first kappa shape index (κ1) is 13.3. The van der Waals surface area contributed by atoms with Crippen molar-refractivity contribution in [1.82, 2.24) is 20.4 Å². The van der Waals surface area contributed by atoms with E-state index in [1.54, 1.807) is 0 Å². The van der Waals surface area contributed by atoms with Crippen LogP contribution in [0.3, 0.4) is 0 Å². The lowest BCUT2D eigenvalue weighted by Crippen LogP contribution is -2.49. The number of likely N-dealkylation sites (tertiary alicyclic amines) is 1. The monoisotopic (exact) mass is 270 g/mol. The van der Waals surface area contributed by atoms with Gasteiger partial charge in [-0.1, -0.05) is 0 Å². The van der Waals surface area contributed by atoms with Crippen molar-refractivity contribution in [3.63, 3.8) is 0 Å². The molecule has 1 aromatic heterocycles. The summed E-state index contributed by atoms with van der Waals surface area (Å²) in [6.45, 7) is 0.172. The molecule has 1 aliphatic heterocycles. The molecule has 1 saturated heterocycles. The van der Waals surface area contributed by atoms with Crippen LogP contribution in [0.4, 0.5) is 9.18 Å². The minimum Gasteiger partial charge on any atom is -0.465 e. The van der Waals surface area contributed by atoms with Crippen LogP contribution in [-0.4, -0.2) is 57.5 Å². The quantitative estimate of drug-likeness (QED) is 0.750. The number of piperidine rings is 1. The van der Waals surface area contributed by atoms with Crippen molar-refractivity contribution in [3.05, 3.63) is 18.0 Å². The molecule has 2 amide bonds. The molecule has 3 N–H and O–H groups in total. The van der Waals surface area contributed by atoms with Gasteiger partial charge >= 0.3 is 6.09 Å². The summed E-state index contributed by atoms with van der Waals surface area (Å²) < 4.78 is 14.4. The van der Waals surface area contributed by atoms with Crippen LogP contribution in [0.2, 0.25) is 0 Å². The Hall–Kier alpha value is -2.12. The topological polar surface area (TPSA) is 98.3 Å². The van der Waals surface area contributed by atoms with E-state index < -0.39 is 17.7 Å². The van der Waals surface area contributed by atoms with E-state index in [0.717, 1.165) is 0 Å². The highest BCUT2D eigenvalue weighted by atomic mass is 19.1. The molecule has 8 heteroatoms. The molecule has 1 aromatic rings. The Morgan fingerprint density at radius 2 is 2.21 bits per heavy atom. The summed E-state index contributed by atoms with van der Waals surface area (Å²) in [5.41, 5.74) is -1.21. The number of aromatic amines is 1. The molecule has 0 bridgehead atoms. The van der Waals surface area contributed by atoms with Crippen LogP contribution in [0.15, 0.2) is 12.4 Å². The fourth-order valence-electron chi connectivity index (χ4n) is 1.99. The maximum Gasteiger partial charge on any atom is 0.407 e. The molecule has 1 aliphatic rings. The maximum atomic E-state index is 14.4. The number of carbonyl (C=O) groups is 2. The zero-order chi connectivity index (χ0) is 13.9. The average Bonchev–Trinajstić information content (AvgIpc) is 2.90. The maximum absolute atomic E-state index is 14.4. The van der Waals surface area contributed by atoms with E-state index in [1.807, 2.05) is 0 Å². The summed E-state index contributed by atoms with van der Waals surface area (Å²) in [5.74, 6) is -0.397. The standard InChI is InChI=1S/C11H15FN4O3/c12-11(1-3-16(4-2-11)10(18)19)7-13-9(17)8-5-14-15-6-8/h5-6H,1-4,7H2,(H,13,17)(H,14,15)(H,18,19). The smallest absolute Gasteiger partial charge is 0.407 e. The number of H-pyrrole nitrogens is 1. The Morgan fingerprint density at radius 3 is 2.74 bits per heavy atom. The van der Waals surface area contributed by atoms with Gasteiger partial charge in [0.2, 0.25) is 0 Å². The number of amides is 2. The minimum absolute atomic E-state index is 0.0883. The highest BCUT2D eigenvalue weighted by Crippen LogP contribution is 2.25. The molecule has 0 radical (unpaired) electrons. The Kier molecular flexibility index (Phi) is 3.68. The molecule has 0 atom stereocenters. The van der Waals surface area contributed by atoms with E-state index in [1.165, 1.54) is 17.3 Å². The second-order valence-corrected chi connectivity index (χ2v) is 4.59. The van der Waals surface area contributed by atoms with Crippen LogP contribution in [0.1, 0.15) is 23.2 Å². The van der Waals surface area contributed by atoms with Crippen molar-refractivity contribution in [3.8, 4) is 0 Å². The van der Waals surface area contributed by atoms with Crippen LogP contribution in [-0.2, 0) is 0 Å². The minimum atomic E-state index is -1.55.